The molecule has 4 amide bonds. The standard InChI is InChI=1S/C18H22N4O2/c1-21(2)17(23)19-15-9-5-7-13(11-15)14-8-6-10-16(12-14)20-18(24)22(3)4/h5-12H,1-4H3,(H,19,23)(H,20,24). The summed E-state index contributed by atoms with van der Waals surface area (Å²) >= 11 is 0. The van der Waals surface area contributed by atoms with Crippen LogP contribution in [0, 0.1) is 0 Å². The summed E-state index contributed by atoms with van der Waals surface area (Å²) in [6, 6.07) is 14.8. The number of hydrogen-bond acceptors (Lipinski definition) is 2. The summed E-state index contributed by atoms with van der Waals surface area (Å²) in [5, 5.41) is 5.65. The van der Waals surface area contributed by atoms with Crippen LogP contribution < -0.4 is 10.6 Å². The fraction of sp³-hybridized carbons (Fsp3) is 0.222. The molecule has 0 aliphatic heterocycles. The number of amides is 4. The molecular formula is C18H22N4O2. The molecule has 126 valence electrons. The normalized spacial score (nSPS) is 10.0. The molecule has 0 heterocycles. The molecule has 2 N–H and O–H groups in total. The summed E-state index contributed by atoms with van der Waals surface area (Å²) in [6.45, 7) is 0. The molecule has 2 rings (SSSR count). The van der Waals surface area contributed by atoms with Crippen molar-refractivity contribution in [2.24, 2.45) is 0 Å². The lowest BCUT2D eigenvalue weighted by Crippen LogP contribution is -2.27. The average molecular weight is 326 g/mol. The van der Waals surface area contributed by atoms with Crippen molar-refractivity contribution in [2.45, 2.75) is 0 Å². The molecule has 2 aromatic rings. The summed E-state index contributed by atoms with van der Waals surface area (Å²) in [6.07, 6.45) is 0. The van der Waals surface area contributed by atoms with Crippen molar-refractivity contribution >= 4 is 23.4 Å². The van der Waals surface area contributed by atoms with Gasteiger partial charge in [-0.3, -0.25) is 0 Å². The summed E-state index contributed by atoms with van der Waals surface area (Å²) < 4.78 is 0. The van der Waals surface area contributed by atoms with E-state index in [-0.39, 0.29) is 12.1 Å². The molecule has 0 aliphatic carbocycles. The molecule has 24 heavy (non-hydrogen) atoms. The van der Waals surface area contributed by atoms with Crippen LogP contribution in [0.5, 0.6) is 0 Å². The van der Waals surface area contributed by atoms with Crippen LogP contribution in [0.3, 0.4) is 0 Å². The first-order valence-corrected chi connectivity index (χ1v) is 7.54. The maximum absolute atomic E-state index is 11.8. The van der Waals surface area contributed by atoms with Gasteiger partial charge in [0.2, 0.25) is 0 Å². The molecule has 6 heteroatoms. The Morgan fingerprint density at radius 1 is 0.708 bits per heavy atom. The van der Waals surface area contributed by atoms with Gasteiger partial charge in [0.25, 0.3) is 0 Å². The summed E-state index contributed by atoms with van der Waals surface area (Å²) in [5.74, 6) is 0. The molecule has 0 radical (unpaired) electrons. The fourth-order valence-corrected chi connectivity index (χ4v) is 2.02. The monoisotopic (exact) mass is 326 g/mol. The number of nitrogens with zero attached hydrogens (tertiary/aromatic N) is 2. The van der Waals surface area contributed by atoms with Gasteiger partial charge in [-0.1, -0.05) is 24.3 Å². The van der Waals surface area contributed by atoms with Crippen LogP contribution in [0.2, 0.25) is 0 Å². The summed E-state index contributed by atoms with van der Waals surface area (Å²) in [7, 11) is 6.76. The van der Waals surface area contributed by atoms with E-state index in [1.54, 1.807) is 28.2 Å². The lowest BCUT2D eigenvalue weighted by atomic mass is 10.0. The number of rotatable bonds is 3. The highest BCUT2D eigenvalue weighted by atomic mass is 16.2. The van der Waals surface area contributed by atoms with Crippen LogP contribution in [0.1, 0.15) is 0 Å². The van der Waals surface area contributed by atoms with E-state index in [0.29, 0.717) is 11.4 Å². The third-order valence-corrected chi connectivity index (χ3v) is 3.37. The SMILES string of the molecule is CN(C)C(=O)Nc1cccc(-c2cccc(NC(=O)N(C)C)c2)c1. The Balaban J connectivity index is 2.22. The van der Waals surface area contributed by atoms with E-state index in [4.69, 9.17) is 0 Å². The quantitative estimate of drug-likeness (QED) is 0.906. The van der Waals surface area contributed by atoms with E-state index in [1.165, 1.54) is 9.80 Å². The number of nitrogens with one attached hydrogen (secondary N) is 2. The first-order chi connectivity index (χ1) is 11.4. The topological polar surface area (TPSA) is 64.7 Å². The van der Waals surface area contributed by atoms with E-state index in [9.17, 15) is 9.59 Å². The van der Waals surface area contributed by atoms with Crippen LogP contribution in [-0.4, -0.2) is 50.1 Å². The van der Waals surface area contributed by atoms with Crippen molar-refractivity contribution in [3.8, 4) is 11.1 Å². The zero-order chi connectivity index (χ0) is 17.7. The number of carbonyl (C=O) groups excluding carboxylic acids is 2. The van der Waals surface area contributed by atoms with E-state index < -0.39 is 0 Å². The summed E-state index contributed by atoms with van der Waals surface area (Å²) in [4.78, 5) is 26.5. The van der Waals surface area contributed by atoms with Gasteiger partial charge in [0.15, 0.2) is 0 Å². The molecule has 0 unspecified atom stereocenters. The van der Waals surface area contributed by atoms with Crippen LogP contribution in [0.25, 0.3) is 11.1 Å². The molecule has 0 aromatic heterocycles. The number of benzene rings is 2. The number of urea groups is 2. The number of anilines is 2. The van der Waals surface area contributed by atoms with Gasteiger partial charge in [-0.05, 0) is 35.4 Å². The van der Waals surface area contributed by atoms with Gasteiger partial charge >= 0.3 is 12.1 Å². The third-order valence-electron chi connectivity index (χ3n) is 3.37. The Hall–Kier alpha value is -3.02. The minimum absolute atomic E-state index is 0.181. The highest BCUT2D eigenvalue weighted by Crippen LogP contribution is 2.25. The highest BCUT2D eigenvalue weighted by Gasteiger charge is 2.07. The average Bonchev–Trinajstić information content (AvgIpc) is 2.55. The van der Waals surface area contributed by atoms with Gasteiger partial charge in [0.05, 0.1) is 0 Å². The lowest BCUT2D eigenvalue weighted by molar-refractivity contribution is 0.230. The second-order valence-corrected chi connectivity index (χ2v) is 5.81. The molecule has 0 fully saturated rings. The minimum Gasteiger partial charge on any atom is -0.331 e. The van der Waals surface area contributed by atoms with Gasteiger partial charge in [0.1, 0.15) is 0 Å². The molecule has 0 bridgehead atoms. The fourth-order valence-electron chi connectivity index (χ4n) is 2.02. The Kier molecular flexibility index (Phi) is 5.42. The van der Waals surface area contributed by atoms with Crippen molar-refractivity contribution in [2.75, 3.05) is 38.8 Å². The Morgan fingerprint density at radius 3 is 1.42 bits per heavy atom. The molecular weight excluding hydrogens is 304 g/mol. The smallest absolute Gasteiger partial charge is 0.321 e. The van der Waals surface area contributed by atoms with Crippen LogP contribution >= 0.6 is 0 Å². The second kappa shape index (κ2) is 7.50. The molecule has 0 saturated carbocycles. The zero-order valence-corrected chi connectivity index (χ0v) is 14.3. The zero-order valence-electron chi connectivity index (χ0n) is 14.3. The van der Waals surface area contributed by atoms with Gasteiger partial charge < -0.3 is 20.4 Å². The second-order valence-electron chi connectivity index (χ2n) is 5.81. The van der Waals surface area contributed by atoms with Gasteiger partial charge in [-0.15, -0.1) is 0 Å². The van der Waals surface area contributed by atoms with E-state index >= 15 is 0 Å². The number of carbonyl (C=O) groups is 2. The van der Waals surface area contributed by atoms with Gasteiger partial charge in [-0.25, -0.2) is 9.59 Å². The Morgan fingerprint density at radius 2 is 1.08 bits per heavy atom. The number of hydrogen-bond donors (Lipinski definition) is 2. The molecule has 2 aromatic carbocycles. The molecule has 0 saturated heterocycles. The molecule has 0 atom stereocenters. The van der Waals surface area contributed by atoms with E-state index in [2.05, 4.69) is 10.6 Å². The van der Waals surface area contributed by atoms with Crippen molar-refractivity contribution in [3.05, 3.63) is 48.5 Å². The van der Waals surface area contributed by atoms with E-state index in [0.717, 1.165) is 11.1 Å². The van der Waals surface area contributed by atoms with Crippen LogP contribution in [0.4, 0.5) is 21.0 Å². The molecule has 0 spiro atoms. The van der Waals surface area contributed by atoms with Gasteiger partial charge in [0, 0.05) is 39.6 Å². The predicted molar refractivity (Wildman–Crippen MR) is 97.3 cm³/mol. The maximum atomic E-state index is 11.8. The van der Waals surface area contributed by atoms with E-state index in [1.807, 2.05) is 48.5 Å². The highest BCUT2D eigenvalue weighted by molar-refractivity contribution is 5.91. The maximum Gasteiger partial charge on any atom is 0.321 e. The predicted octanol–water partition coefficient (Wildman–Crippen LogP) is 3.54. The molecule has 6 nitrogen and oxygen atoms in total. The first-order valence-electron chi connectivity index (χ1n) is 7.54. The largest absolute Gasteiger partial charge is 0.331 e. The Labute approximate surface area is 142 Å². The minimum atomic E-state index is -0.181. The van der Waals surface area contributed by atoms with Crippen LogP contribution in [0.15, 0.2) is 48.5 Å². The van der Waals surface area contributed by atoms with Crippen LogP contribution in [-0.2, 0) is 0 Å². The van der Waals surface area contributed by atoms with Gasteiger partial charge in [-0.2, -0.15) is 0 Å². The van der Waals surface area contributed by atoms with Crippen molar-refractivity contribution in [1.29, 1.82) is 0 Å². The lowest BCUT2D eigenvalue weighted by Gasteiger charge is -2.14. The first kappa shape index (κ1) is 17.3. The molecule has 0 aliphatic rings. The van der Waals surface area contributed by atoms with Crippen molar-refractivity contribution in [3.63, 3.8) is 0 Å². The summed E-state index contributed by atoms with van der Waals surface area (Å²) in [5.41, 5.74) is 3.34. The van der Waals surface area contributed by atoms with Crippen molar-refractivity contribution < 1.29 is 9.59 Å². The Bertz CT molecular complexity index is 678. The third kappa shape index (κ3) is 4.49. The van der Waals surface area contributed by atoms with Crippen molar-refractivity contribution in [1.82, 2.24) is 9.80 Å².